The van der Waals surface area contributed by atoms with Crippen molar-refractivity contribution in [3.05, 3.63) is 59.4 Å². The lowest BCUT2D eigenvalue weighted by molar-refractivity contribution is 0.112. The van der Waals surface area contributed by atoms with Crippen LogP contribution in [0, 0.1) is 12.7 Å². The average molecular weight is 243 g/mol. The van der Waals surface area contributed by atoms with Crippen LogP contribution in [0.2, 0.25) is 0 Å². The Morgan fingerprint density at radius 3 is 2.39 bits per heavy atom. The highest BCUT2D eigenvalue weighted by molar-refractivity contribution is 5.86. The molecule has 2 aromatic carbocycles. The highest BCUT2D eigenvalue weighted by Gasteiger charge is 2.09. The maximum absolute atomic E-state index is 13.1. The van der Waals surface area contributed by atoms with E-state index in [4.69, 9.17) is 0 Å². The molecule has 0 aromatic heterocycles. The number of hydrogen-bond acceptors (Lipinski definition) is 2. The average Bonchev–Trinajstić information content (AvgIpc) is 2.38. The SMILES string of the molecule is Cc1ccc(N(C)c2ccc(F)cc2C=O)cc1. The Labute approximate surface area is 106 Å². The molecule has 0 amide bonds. The molecule has 2 rings (SSSR count). The maximum Gasteiger partial charge on any atom is 0.152 e. The van der Waals surface area contributed by atoms with Crippen molar-refractivity contribution in [1.29, 1.82) is 0 Å². The summed E-state index contributed by atoms with van der Waals surface area (Å²) in [6.07, 6.45) is 0.670. The van der Waals surface area contributed by atoms with E-state index in [2.05, 4.69) is 0 Å². The Morgan fingerprint density at radius 1 is 1.11 bits per heavy atom. The molecule has 0 N–H and O–H groups in total. The van der Waals surface area contributed by atoms with Crippen LogP contribution in [0.3, 0.4) is 0 Å². The van der Waals surface area contributed by atoms with Gasteiger partial charge in [0.1, 0.15) is 5.82 Å². The fourth-order valence-electron chi connectivity index (χ4n) is 1.83. The van der Waals surface area contributed by atoms with Crippen molar-refractivity contribution in [2.75, 3.05) is 11.9 Å². The number of hydrogen-bond donors (Lipinski definition) is 0. The first-order valence-corrected chi connectivity index (χ1v) is 5.67. The van der Waals surface area contributed by atoms with Gasteiger partial charge in [-0.2, -0.15) is 0 Å². The topological polar surface area (TPSA) is 20.3 Å². The number of halogens is 1. The summed E-state index contributed by atoms with van der Waals surface area (Å²) in [4.78, 5) is 12.8. The zero-order valence-electron chi connectivity index (χ0n) is 10.4. The summed E-state index contributed by atoms with van der Waals surface area (Å²) in [5.74, 6) is -0.404. The van der Waals surface area contributed by atoms with Gasteiger partial charge in [-0.05, 0) is 37.3 Å². The first kappa shape index (κ1) is 12.3. The number of benzene rings is 2. The number of anilines is 2. The van der Waals surface area contributed by atoms with Crippen LogP contribution in [0.5, 0.6) is 0 Å². The predicted molar refractivity (Wildman–Crippen MR) is 71.0 cm³/mol. The second kappa shape index (κ2) is 5.00. The molecular formula is C15H14FNO. The normalized spacial score (nSPS) is 10.2. The number of rotatable bonds is 3. The van der Waals surface area contributed by atoms with E-state index in [1.54, 1.807) is 6.07 Å². The van der Waals surface area contributed by atoms with Gasteiger partial charge >= 0.3 is 0 Å². The third-order valence-corrected chi connectivity index (χ3v) is 2.90. The molecule has 18 heavy (non-hydrogen) atoms. The van der Waals surface area contributed by atoms with Gasteiger partial charge in [-0.25, -0.2) is 4.39 Å². The third-order valence-electron chi connectivity index (χ3n) is 2.90. The van der Waals surface area contributed by atoms with E-state index in [-0.39, 0.29) is 0 Å². The fourth-order valence-corrected chi connectivity index (χ4v) is 1.83. The van der Waals surface area contributed by atoms with Gasteiger partial charge in [-0.1, -0.05) is 17.7 Å². The molecule has 0 bridgehead atoms. The van der Waals surface area contributed by atoms with Crippen molar-refractivity contribution < 1.29 is 9.18 Å². The van der Waals surface area contributed by atoms with E-state index in [1.807, 2.05) is 43.1 Å². The van der Waals surface area contributed by atoms with Crippen molar-refractivity contribution in [3.63, 3.8) is 0 Å². The molecule has 0 aliphatic heterocycles. The lowest BCUT2D eigenvalue weighted by Gasteiger charge is -2.21. The van der Waals surface area contributed by atoms with E-state index in [0.717, 1.165) is 5.69 Å². The van der Waals surface area contributed by atoms with Gasteiger partial charge in [0.2, 0.25) is 0 Å². The van der Waals surface area contributed by atoms with Gasteiger partial charge in [0.15, 0.2) is 6.29 Å². The van der Waals surface area contributed by atoms with Crippen LogP contribution in [0.15, 0.2) is 42.5 Å². The van der Waals surface area contributed by atoms with Crippen LogP contribution in [0.1, 0.15) is 15.9 Å². The molecule has 0 saturated carbocycles. The second-order valence-corrected chi connectivity index (χ2v) is 4.22. The standard InChI is InChI=1S/C15H14FNO/c1-11-3-6-14(7-4-11)17(2)15-8-5-13(16)9-12(15)10-18/h3-10H,1-2H3. The minimum Gasteiger partial charge on any atom is -0.344 e. The summed E-state index contributed by atoms with van der Waals surface area (Å²) in [6.45, 7) is 2.01. The zero-order valence-corrected chi connectivity index (χ0v) is 10.4. The lowest BCUT2D eigenvalue weighted by Crippen LogP contribution is -2.11. The molecule has 92 valence electrons. The zero-order chi connectivity index (χ0) is 13.1. The van der Waals surface area contributed by atoms with Crippen LogP contribution in [-0.4, -0.2) is 13.3 Å². The predicted octanol–water partition coefficient (Wildman–Crippen LogP) is 3.71. The summed E-state index contributed by atoms with van der Waals surface area (Å²) >= 11 is 0. The van der Waals surface area contributed by atoms with Crippen LogP contribution < -0.4 is 4.90 Å². The molecule has 2 aromatic rings. The molecule has 0 radical (unpaired) electrons. The maximum atomic E-state index is 13.1. The monoisotopic (exact) mass is 243 g/mol. The van der Waals surface area contributed by atoms with Gasteiger partial charge in [-0.3, -0.25) is 4.79 Å². The Bertz CT molecular complexity index is 563. The minimum absolute atomic E-state index is 0.345. The lowest BCUT2D eigenvalue weighted by atomic mass is 10.1. The molecule has 0 heterocycles. The van der Waals surface area contributed by atoms with E-state index < -0.39 is 5.82 Å². The molecule has 0 aliphatic rings. The van der Waals surface area contributed by atoms with Crippen LogP contribution in [-0.2, 0) is 0 Å². The van der Waals surface area contributed by atoms with Gasteiger partial charge in [0, 0.05) is 18.3 Å². The van der Waals surface area contributed by atoms with Crippen molar-refractivity contribution in [2.24, 2.45) is 0 Å². The minimum atomic E-state index is -0.404. The summed E-state index contributed by atoms with van der Waals surface area (Å²) in [7, 11) is 1.85. The van der Waals surface area contributed by atoms with Gasteiger partial charge < -0.3 is 4.90 Å². The van der Waals surface area contributed by atoms with Crippen LogP contribution >= 0.6 is 0 Å². The smallest absolute Gasteiger partial charge is 0.152 e. The van der Waals surface area contributed by atoms with Crippen molar-refractivity contribution in [2.45, 2.75) is 6.92 Å². The number of nitrogens with zero attached hydrogens (tertiary/aromatic N) is 1. The number of carbonyl (C=O) groups excluding carboxylic acids is 1. The molecular weight excluding hydrogens is 229 g/mol. The van der Waals surface area contributed by atoms with E-state index >= 15 is 0 Å². The highest BCUT2D eigenvalue weighted by Crippen LogP contribution is 2.26. The molecule has 0 aliphatic carbocycles. The summed E-state index contributed by atoms with van der Waals surface area (Å²) in [5.41, 5.74) is 3.16. The van der Waals surface area contributed by atoms with E-state index in [0.29, 0.717) is 17.5 Å². The third kappa shape index (κ3) is 2.40. The van der Waals surface area contributed by atoms with Gasteiger partial charge in [-0.15, -0.1) is 0 Å². The van der Waals surface area contributed by atoms with Crippen LogP contribution in [0.4, 0.5) is 15.8 Å². The largest absolute Gasteiger partial charge is 0.344 e. The summed E-state index contributed by atoms with van der Waals surface area (Å²) in [6, 6.07) is 12.1. The van der Waals surface area contributed by atoms with Crippen molar-refractivity contribution >= 4 is 17.7 Å². The molecule has 2 nitrogen and oxygen atoms in total. The Hall–Kier alpha value is -2.16. The van der Waals surface area contributed by atoms with Gasteiger partial charge in [0.25, 0.3) is 0 Å². The first-order valence-electron chi connectivity index (χ1n) is 5.67. The Kier molecular flexibility index (Phi) is 3.42. The van der Waals surface area contributed by atoms with Crippen molar-refractivity contribution in [1.82, 2.24) is 0 Å². The molecule has 0 unspecified atom stereocenters. The first-order chi connectivity index (χ1) is 8.61. The molecule has 0 fully saturated rings. The molecule has 3 heteroatoms. The molecule has 0 saturated heterocycles. The second-order valence-electron chi connectivity index (χ2n) is 4.22. The summed E-state index contributed by atoms with van der Waals surface area (Å²) < 4.78 is 13.1. The van der Waals surface area contributed by atoms with Crippen LogP contribution in [0.25, 0.3) is 0 Å². The number of aldehydes is 1. The summed E-state index contributed by atoms with van der Waals surface area (Å²) in [5, 5.41) is 0. The highest BCUT2D eigenvalue weighted by atomic mass is 19.1. The number of carbonyl (C=O) groups is 1. The molecule has 0 spiro atoms. The molecule has 0 atom stereocenters. The Morgan fingerprint density at radius 2 is 1.78 bits per heavy atom. The fraction of sp³-hybridized carbons (Fsp3) is 0.133. The van der Waals surface area contributed by atoms with Crippen molar-refractivity contribution in [3.8, 4) is 0 Å². The quantitative estimate of drug-likeness (QED) is 0.766. The Balaban J connectivity index is 2.42. The van der Waals surface area contributed by atoms with Gasteiger partial charge in [0.05, 0.1) is 5.69 Å². The van der Waals surface area contributed by atoms with E-state index in [1.165, 1.54) is 17.7 Å². The number of aryl methyl sites for hydroxylation is 1. The van der Waals surface area contributed by atoms with E-state index in [9.17, 15) is 9.18 Å².